The molecule has 4 rings (SSSR count). The molecule has 1 saturated carbocycles. The number of carbonyl (C=O) groups excluding carboxylic acids is 1. The quantitative estimate of drug-likeness (QED) is 0.659. The Labute approximate surface area is 170 Å². The minimum atomic E-state index is -0.151. The summed E-state index contributed by atoms with van der Waals surface area (Å²) in [6.07, 6.45) is 2.93. The van der Waals surface area contributed by atoms with Gasteiger partial charge in [-0.1, -0.05) is 50.2 Å². The molecule has 0 atom stereocenters. The monoisotopic (exact) mass is 389 g/mol. The van der Waals surface area contributed by atoms with Gasteiger partial charge in [0.15, 0.2) is 0 Å². The third-order valence-electron chi connectivity index (χ3n) is 5.54. The highest BCUT2D eigenvalue weighted by Crippen LogP contribution is 2.29. The molecule has 1 aliphatic carbocycles. The van der Waals surface area contributed by atoms with Crippen LogP contribution in [0, 0.1) is 0 Å². The van der Waals surface area contributed by atoms with Crippen LogP contribution in [-0.2, 0) is 17.8 Å². The molecular formula is C24H27N3O2. The van der Waals surface area contributed by atoms with E-state index in [0.29, 0.717) is 48.1 Å². The smallest absolute Gasteiger partial charge is 0.258 e. The number of H-pyrrole nitrogens is 1. The first-order valence-electron chi connectivity index (χ1n) is 10.4. The van der Waals surface area contributed by atoms with Crippen molar-refractivity contribution < 1.29 is 4.79 Å². The average Bonchev–Trinajstić information content (AvgIpc) is 3.56. The van der Waals surface area contributed by atoms with Crippen LogP contribution in [0.4, 0.5) is 0 Å². The van der Waals surface area contributed by atoms with Crippen molar-refractivity contribution in [2.75, 3.05) is 0 Å². The highest BCUT2D eigenvalue weighted by Gasteiger charge is 2.32. The number of hydrogen-bond acceptors (Lipinski definition) is 3. The lowest BCUT2D eigenvalue weighted by Gasteiger charge is -2.23. The van der Waals surface area contributed by atoms with Crippen molar-refractivity contribution in [3.8, 4) is 0 Å². The van der Waals surface area contributed by atoms with Gasteiger partial charge in [0.05, 0.1) is 10.9 Å². The molecule has 0 radical (unpaired) electrons. The topological polar surface area (TPSA) is 66.1 Å². The Morgan fingerprint density at radius 3 is 2.55 bits per heavy atom. The van der Waals surface area contributed by atoms with Crippen LogP contribution >= 0.6 is 0 Å². The Bertz CT molecular complexity index is 1070. The standard InChI is InChI=1S/C24H27N3O2/c1-16(2)18-9-7-17(8-10-18)15-27(19-11-12-19)23(28)14-13-22-25-21-6-4-3-5-20(21)24(29)26-22/h3-10,16,19H,11-15H2,1-2H3,(H,25,26,29). The highest BCUT2D eigenvalue weighted by atomic mass is 16.2. The van der Waals surface area contributed by atoms with E-state index in [1.807, 2.05) is 23.1 Å². The molecule has 0 bridgehead atoms. The molecule has 150 valence electrons. The average molecular weight is 389 g/mol. The third-order valence-corrected chi connectivity index (χ3v) is 5.54. The first-order chi connectivity index (χ1) is 14.0. The van der Waals surface area contributed by atoms with Gasteiger partial charge < -0.3 is 9.88 Å². The summed E-state index contributed by atoms with van der Waals surface area (Å²) in [5, 5.41) is 0.576. The minimum absolute atomic E-state index is 0.122. The van der Waals surface area contributed by atoms with Crippen molar-refractivity contribution in [1.29, 1.82) is 0 Å². The van der Waals surface area contributed by atoms with E-state index in [-0.39, 0.29) is 11.5 Å². The fourth-order valence-electron chi connectivity index (χ4n) is 3.63. The van der Waals surface area contributed by atoms with Crippen molar-refractivity contribution in [3.63, 3.8) is 0 Å². The van der Waals surface area contributed by atoms with Crippen LogP contribution < -0.4 is 5.56 Å². The van der Waals surface area contributed by atoms with Gasteiger partial charge in [0, 0.05) is 25.4 Å². The van der Waals surface area contributed by atoms with E-state index in [1.165, 1.54) is 5.56 Å². The number of aromatic amines is 1. The summed E-state index contributed by atoms with van der Waals surface area (Å²) in [4.78, 5) is 34.5. The van der Waals surface area contributed by atoms with Crippen molar-refractivity contribution in [1.82, 2.24) is 14.9 Å². The van der Waals surface area contributed by atoms with Crippen molar-refractivity contribution in [3.05, 3.63) is 75.8 Å². The first-order valence-corrected chi connectivity index (χ1v) is 10.4. The van der Waals surface area contributed by atoms with Crippen LogP contribution in [0.3, 0.4) is 0 Å². The zero-order valence-corrected chi connectivity index (χ0v) is 17.0. The second kappa shape index (κ2) is 8.19. The lowest BCUT2D eigenvalue weighted by Crippen LogP contribution is -2.33. The largest absolute Gasteiger partial charge is 0.335 e. The van der Waals surface area contributed by atoms with E-state index in [4.69, 9.17) is 0 Å². The summed E-state index contributed by atoms with van der Waals surface area (Å²) in [6.45, 7) is 5.00. The van der Waals surface area contributed by atoms with Crippen LogP contribution in [-0.4, -0.2) is 26.8 Å². The molecule has 5 nitrogen and oxygen atoms in total. The number of benzene rings is 2. The number of carbonyl (C=O) groups is 1. The van der Waals surface area contributed by atoms with E-state index >= 15 is 0 Å². The molecule has 0 unspecified atom stereocenters. The molecule has 1 aliphatic rings. The summed E-state index contributed by atoms with van der Waals surface area (Å²) in [7, 11) is 0. The summed E-state index contributed by atoms with van der Waals surface area (Å²) >= 11 is 0. The lowest BCUT2D eigenvalue weighted by atomic mass is 10.0. The molecule has 3 aromatic rings. The lowest BCUT2D eigenvalue weighted by molar-refractivity contribution is -0.132. The summed E-state index contributed by atoms with van der Waals surface area (Å²) in [6, 6.07) is 16.2. The number of nitrogens with one attached hydrogen (secondary N) is 1. The molecular weight excluding hydrogens is 362 g/mol. The molecule has 29 heavy (non-hydrogen) atoms. The number of para-hydroxylation sites is 1. The molecule has 0 aliphatic heterocycles. The van der Waals surface area contributed by atoms with Crippen molar-refractivity contribution >= 4 is 16.8 Å². The van der Waals surface area contributed by atoms with Gasteiger partial charge in [-0.3, -0.25) is 9.59 Å². The van der Waals surface area contributed by atoms with E-state index < -0.39 is 0 Å². The van der Waals surface area contributed by atoms with E-state index in [9.17, 15) is 9.59 Å². The number of aromatic nitrogens is 2. The Hall–Kier alpha value is -2.95. The fraction of sp³-hybridized carbons (Fsp3) is 0.375. The number of rotatable bonds is 7. The molecule has 1 aromatic heterocycles. The zero-order chi connectivity index (χ0) is 20.4. The van der Waals surface area contributed by atoms with Crippen molar-refractivity contribution in [2.45, 2.75) is 58.0 Å². The van der Waals surface area contributed by atoms with Gasteiger partial charge in [-0.15, -0.1) is 0 Å². The highest BCUT2D eigenvalue weighted by molar-refractivity contribution is 5.78. The van der Waals surface area contributed by atoms with Crippen LogP contribution in [0.1, 0.15) is 56.0 Å². The van der Waals surface area contributed by atoms with Gasteiger partial charge in [0.25, 0.3) is 5.56 Å². The molecule has 2 aromatic carbocycles. The maximum atomic E-state index is 12.9. The van der Waals surface area contributed by atoms with Crippen LogP contribution in [0.2, 0.25) is 0 Å². The molecule has 0 spiro atoms. The van der Waals surface area contributed by atoms with E-state index in [0.717, 1.165) is 18.4 Å². The Balaban J connectivity index is 1.43. The molecule has 1 N–H and O–H groups in total. The number of aryl methyl sites for hydroxylation is 1. The fourth-order valence-corrected chi connectivity index (χ4v) is 3.63. The predicted octanol–water partition coefficient (Wildman–Crippen LogP) is 4.17. The second-order valence-electron chi connectivity index (χ2n) is 8.18. The molecule has 1 heterocycles. The van der Waals surface area contributed by atoms with Gasteiger partial charge in [-0.25, -0.2) is 4.98 Å². The zero-order valence-electron chi connectivity index (χ0n) is 17.0. The van der Waals surface area contributed by atoms with Crippen LogP contribution in [0.5, 0.6) is 0 Å². The number of hydrogen-bond donors (Lipinski definition) is 1. The van der Waals surface area contributed by atoms with Gasteiger partial charge in [-0.2, -0.15) is 0 Å². The normalized spacial score (nSPS) is 13.8. The number of nitrogens with zero attached hydrogens (tertiary/aromatic N) is 2. The van der Waals surface area contributed by atoms with Crippen LogP contribution in [0.15, 0.2) is 53.3 Å². The van der Waals surface area contributed by atoms with E-state index in [1.54, 1.807) is 6.07 Å². The Kier molecular flexibility index (Phi) is 5.47. The molecule has 1 fully saturated rings. The third kappa shape index (κ3) is 4.56. The number of fused-ring (bicyclic) bond motifs is 1. The Morgan fingerprint density at radius 1 is 1.14 bits per heavy atom. The maximum Gasteiger partial charge on any atom is 0.258 e. The number of amides is 1. The second-order valence-corrected chi connectivity index (χ2v) is 8.18. The molecule has 5 heteroatoms. The van der Waals surface area contributed by atoms with Gasteiger partial charge in [0.1, 0.15) is 5.82 Å². The van der Waals surface area contributed by atoms with Crippen LogP contribution in [0.25, 0.3) is 10.9 Å². The van der Waals surface area contributed by atoms with Gasteiger partial charge >= 0.3 is 0 Å². The SMILES string of the molecule is CC(C)c1ccc(CN(C(=O)CCc2nc3ccccc3c(=O)[nH]2)C2CC2)cc1. The predicted molar refractivity (Wildman–Crippen MR) is 115 cm³/mol. The molecule has 0 saturated heterocycles. The van der Waals surface area contributed by atoms with Gasteiger partial charge in [-0.05, 0) is 42.0 Å². The molecule has 1 amide bonds. The van der Waals surface area contributed by atoms with E-state index in [2.05, 4.69) is 48.1 Å². The summed E-state index contributed by atoms with van der Waals surface area (Å²) in [5.41, 5.74) is 2.99. The first kappa shape index (κ1) is 19.4. The minimum Gasteiger partial charge on any atom is -0.335 e. The summed E-state index contributed by atoms with van der Waals surface area (Å²) in [5.74, 6) is 1.19. The van der Waals surface area contributed by atoms with Gasteiger partial charge in [0.2, 0.25) is 5.91 Å². The van der Waals surface area contributed by atoms with Crippen molar-refractivity contribution in [2.24, 2.45) is 0 Å². The summed E-state index contributed by atoms with van der Waals surface area (Å²) < 4.78 is 0. The Morgan fingerprint density at radius 2 is 1.86 bits per heavy atom. The maximum absolute atomic E-state index is 12.9.